The van der Waals surface area contributed by atoms with Gasteiger partial charge in [-0.3, -0.25) is 0 Å². The minimum atomic E-state index is -3.72. The van der Waals surface area contributed by atoms with E-state index in [-0.39, 0.29) is 22.3 Å². The molecular formula is C14H19NO5S. The predicted molar refractivity (Wildman–Crippen MR) is 77.1 cm³/mol. The highest BCUT2D eigenvalue weighted by Gasteiger charge is 2.28. The van der Waals surface area contributed by atoms with Crippen molar-refractivity contribution in [3.05, 3.63) is 23.8 Å². The fourth-order valence-electron chi connectivity index (χ4n) is 2.62. The molecule has 2 unspecified atom stereocenters. The van der Waals surface area contributed by atoms with Crippen LogP contribution in [0.1, 0.15) is 36.5 Å². The molecule has 2 N–H and O–H groups in total. The zero-order valence-corrected chi connectivity index (χ0v) is 12.8. The van der Waals surface area contributed by atoms with Gasteiger partial charge in [0, 0.05) is 6.04 Å². The first kappa shape index (κ1) is 15.8. The molecular weight excluding hydrogens is 294 g/mol. The number of hydrogen-bond acceptors (Lipinski definition) is 4. The van der Waals surface area contributed by atoms with E-state index in [1.807, 2.05) is 0 Å². The average Bonchev–Trinajstić information content (AvgIpc) is 2.82. The van der Waals surface area contributed by atoms with Crippen molar-refractivity contribution in [3.63, 3.8) is 0 Å². The highest BCUT2D eigenvalue weighted by molar-refractivity contribution is 7.89. The van der Waals surface area contributed by atoms with Gasteiger partial charge < -0.3 is 9.84 Å². The van der Waals surface area contributed by atoms with Crippen molar-refractivity contribution >= 4 is 16.0 Å². The van der Waals surface area contributed by atoms with Crippen LogP contribution in [0.2, 0.25) is 0 Å². The molecule has 0 aromatic heterocycles. The van der Waals surface area contributed by atoms with Crippen molar-refractivity contribution in [2.45, 2.75) is 37.1 Å². The molecule has 21 heavy (non-hydrogen) atoms. The van der Waals surface area contributed by atoms with Gasteiger partial charge in [-0.1, -0.05) is 6.92 Å². The molecule has 0 amide bonds. The zero-order chi connectivity index (χ0) is 15.6. The number of benzene rings is 1. The van der Waals surface area contributed by atoms with Crippen LogP contribution in [0, 0.1) is 5.92 Å². The quantitative estimate of drug-likeness (QED) is 0.865. The summed E-state index contributed by atoms with van der Waals surface area (Å²) in [6.45, 7) is 2.09. The summed E-state index contributed by atoms with van der Waals surface area (Å²) in [4.78, 5) is 10.9. The smallest absolute Gasteiger partial charge is 0.335 e. The second kappa shape index (κ2) is 6.03. The largest absolute Gasteiger partial charge is 0.495 e. The van der Waals surface area contributed by atoms with E-state index in [4.69, 9.17) is 9.84 Å². The summed E-state index contributed by atoms with van der Waals surface area (Å²) in [5.41, 5.74) is -0.0136. The summed E-state index contributed by atoms with van der Waals surface area (Å²) in [6, 6.07) is 3.67. The van der Waals surface area contributed by atoms with Crippen molar-refractivity contribution in [3.8, 4) is 5.75 Å². The number of sulfonamides is 1. The van der Waals surface area contributed by atoms with Crippen LogP contribution in [-0.4, -0.2) is 32.6 Å². The number of carboxylic acids is 1. The predicted octanol–water partition coefficient (Wildman–Crippen LogP) is 1.86. The van der Waals surface area contributed by atoms with Gasteiger partial charge >= 0.3 is 5.97 Å². The summed E-state index contributed by atoms with van der Waals surface area (Å²) in [5.74, 6) is -0.586. The molecule has 0 heterocycles. The lowest BCUT2D eigenvalue weighted by molar-refractivity contribution is 0.0696. The molecule has 1 aliphatic rings. The normalized spacial score (nSPS) is 22.2. The number of carboxylic acid groups (broad SMARTS) is 1. The van der Waals surface area contributed by atoms with Crippen LogP contribution >= 0.6 is 0 Å². The van der Waals surface area contributed by atoms with E-state index in [1.54, 1.807) is 0 Å². The standard InChI is InChI=1S/C14H19NO5S/c1-9-3-5-11(7-9)15-21(18,19)13-6-4-10(14(16)17)8-12(13)20-2/h4,6,8-9,11,15H,3,5,7H2,1-2H3,(H,16,17). The molecule has 0 aliphatic heterocycles. The summed E-state index contributed by atoms with van der Waals surface area (Å²) in [6.07, 6.45) is 2.63. The maximum absolute atomic E-state index is 12.4. The molecule has 7 heteroatoms. The average molecular weight is 313 g/mol. The highest BCUT2D eigenvalue weighted by Crippen LogP contribution is 2.29. The molecule has 0 radical (unpaired) electrons. The molecule has 0 saturated heterocycles. The Hall–Kier alpha value is -1.60. The van der Waals surface area contributed by atoms with Crippen LogP contribution in [0.15, 0.2) is 23.1 Å². The number of rotatable bonds is 5. The monoisotopic (exact) mass is 313 g/mol. The molecule has 6 nitrogen and oxygen atoms in total. The van der Waals surface area contributed by atoms with Gasteiger partial charge in [0.15, 0.2) is 0 Å². The molecule has 1 aromatic rings. The molecule has 116 valence electrons. The van der Waals surface area contributed by atoms with Gasteiger partial charge in [0.2, 0.25) is 10.0 Å². The van der Waals surface area contributed by atoms with E-state index < -0.39 is 16.0 Å². The Bertz CT molecular complexity index is 641. The molecule has 1 saturated carbocycles. The molecule has 2 rings (SSSR count). The summed E-state index contributed by atoms with van der Waals surface area (Å²) >= 11 is 0. The maximum Gasteiger partial charge on any atom is 0.335 e. The van der Waals surface area contributed by atoms with Crippen molar-refractivity contribution < 1.29 is 23.1 Å². The summed E-state index contributed by atoms with van der Waals surface area (Å²) < 4.78 is 32.5. The number of methoxy groups -OCH3 is 1. The van der Waals surface area contributed by atoms with Gasteiger partial charge in [-0.05, 0) is 43.4 Å². The number of carbonyl (C=O) groups is 1. The lowest BCUT2D eigenvalue weighted by atomic mass is 10.1. The van der Waals surface area contributed by atoms with E-state index in [9.17, 15) is 13.2 Å². The Morgan fingerprint density at radius 3 is 2.62 bits per heavy atom. The van der Waals surface area contributed by atoms with Crippen molar-refractivity contribution in [1.82, 2.24) is 4.72 Å². The van der Waals surface area contributed by atoms with Gasteiger partial charge in [-0.2, -0.15) is 0 Å². The van der Waals surface area contributed by atoms with E-state index in [1.165, 1.54) is 25.3 Å². The van der Waals surface area contributed by atoms with Crippen LogP contribution in [0.3, 0.4) is 0 Å². The highest BCUT2D eigenvalue weighted by atomic mass is 32.2. The zero-order valence-electron chi connectivity index (χ0n) is 12.0. The lowest BCUT2D eigenvalue weighted by Gasteiger charge is -2.15. The maximum atomic E-state index is 12.4. The van der Waals surface area contributed by atoms with Gasteiger partial charge in [0.25, 0.3) is 0 Å². The Balaban J connectivity index is 2.29. The third kappa shape index (κ3) is 3.54. The minimum Gasteiger partial charge on any atom is -0.495 e. The third-order valence-corrected chi connectivity index (χ3v) is 5.28. The van der Waals surface area contributed by atoms with Gasteiger partial charge in [-0.15, -0.1) is 0 Å². The van der Waals surface area contributed by atoms with Crippen molar-refractivity contribution in [2.75, 3.05) is 7.11 Å². The topological polar surface area (TPSA) is 92.7 Å². The first-order chi connectivity index (χ1) is 9.83. The van der Waals surface area contributed by atoms with Gasteiger partial charge in [0.1, 0.15) is 10.6 Å². The minimum absolute atomic E-state index is 0.0136. The van der Waals surface area contributed by atoms with Gasteiger partial charge in [0.05, 0.1) is 12.7 Å². The number of ether oxygens (including phenoxy) is 1. The first-order valence-corrected chi connectivity index (χ1v) is 8.25. The van der Waals surface area contributed by atoms with E-state index in [0.29, 0.717) is 5.92 Å². The second-order valence-corrected chi connectivity index (χ2v) is 7.09. The summed E-state index contributed by atoms with van der Waals surface area (Å²) in [5, 5.41) is 8.94. The molecule has 2 atom stereocenters. The molecule has 1 aromatic carbocycles. The fourth-order valence-corrected chi connectivity index (χ4v) is 4.05. The Morgan fingerprint density at radius 2 is 2.10 bits per heavy atom. The third-order valence-electron chi connectivity index (χ3n) is 3.72. The van der Waals surface area contributed by atoms with E-state index in [2.05, 4.69) is 11.6 Å². The summed E-state index contributed by atoms with van der Waals surface area (Å²) in [7, 11) is -2.40. The Labute approximate surface area is 124 Å². The number of hydrogen-bond donors (Lipinski definition) is 2. The molecule has 0 bridgehead atoms. The number of nitrogens with one attached hydrogen (secondary N) is 1. The van der Waals surface area contributed by atoms with Crippen molar-refractivity contribution in [2.24, 2.45) is 5.92 Å². The van der Waals surface area contributed by atoms with Crippen LogP contribution in [-0.2, 0) is 10.0 Å². The van der Waals surface area contributed by atoms with E-state index in [0.717, 1.165) is 19.3 Å². The SMILES string of the molecule is COc1cc(C(=O)O)ccc1S(=O)(=O)NC1CCC(C)C1. The van der Waals surface area contributed by atoms with Crippen LogP contribution in [0.25, 0.3) is 0 Å². The lowest BCUT2D eigenvalue weighted by Crippen LogP contribution is -2.33. The molecule has 1 fully saturated rings. The second-order valence-electron chi connectivity index (χ2n) is 5.41. The Morgan fingerprint density at radius 1 is 1.38 bits per heavy atom. The molecule has 0 spiro atoms. The first-order valence-electron chi connectivity index (χ1n) is 6.77. The fraction of sp³-hybridized carbons (Fsp3) is 0.500. The van der Waals surface area contributed by atoms with Gasteiger partial charge in [-0.25, -0.2) is 17.9 Å². The van der Waals surface area contributed by atoms with Crippen LogP contribution in [0.4, 0.5) is 0 Å². The van der Waals surface area contributed by atoms with Crippen LogP contribution < -0.4 is 9.46 Å². The molecule has 1 aliphatic carbocycles. The van der Waals surface area contributed by atoms with Crippen molar-refractivity contribution in [1.29, 1.82) is 0 Å². The Kier molecular flexibility index (Phi) is 4.53. The van der Waals surface area contributed by atoms with Crippen LogP contribution in [0.5, 0.6) is 5.75 Å². The number of aromatic carboxylic acids is 1. The van der Waals surface area contributed by atoms with E-state index >= 15 is 0 Å².